The van der Waals surface area contributed by atoms with E-state index in [2.05, 4.69) is 80.3 Å². The summed E-state index contributed by atoms with van der Waals surface area (Å²) in [6, 6.07) is 39.7. The summed E-state index contributed by atoms with van der Waals surface area (Å²) in [4.78, 5) is 14.1. The Morgan fingerprint density at radius 3 is 2.38 bits per heavy atom. The third-order valence-electron chi connectivity index (χ3n) is 8.81. The predicted molar refractivity (Wildman–Crippen MR) is 219 cm³/mol. The Hall–Kier alpha value is -4.36. The number of benzene rings is 4. The second-order valence-corrected chi connectivity index (χ2v) is 25.8. The first-order valence-corrected chi connectivity index (χ1v) is 24.9. The largest absolute Gasteiger partial charge is 0 e. The Morgan fingerprint density at radius 2 is 1.66 bits per heavy atom. The van der Waals surface area contributed by atoms with E-state index in [-0.39, 0.29) is 25.7 Å². The molecule has 0 fully saturated rings. The van der Waals surface area contributed by atoms with Crippen LogP contribution in [0.2, 0.25) is 17.3 Å². The van der Waals surface area contributed by atoms with Crippen LogP contribution in [0.1, 0.15) is 50.0 Å². The standard InChI is InChI=1S/C26H18N3O.C20H28GeN.Ir/c1-17-14-15-20-19-10-7-11-21(24(19)30-26(20)27-17)25-28-22-12-5-6-13-23(22)29(25)16-18-8-3-2-4-9-18;1-15-8-10-16(11-9-15)19-12-17(13-20(2,3)4)18(14-22-19)21(5,6)7;/h2-10,12-15H,16H2,1H3;8-10,12,14H,13H2,1-7H3;/q2*-1;/i;1D3,13D2;. The van der Waals surface area contributed by atoms with E-state index in [0.29, 0.717) is 22.5 Å². The minimum Gasteiger partial charge on any atom is 0 e. The number of aromatic nitrogens is 4. The molecule has 8 aromatic rings. The minimum atomic E-state index is -2.36. The Bertz CT molecular complexity index is 2710. The van der Waals surface area contributed by atoms with Gasteiger partial charge in [-0.2, -0.15) is 0 Å². The quantitative estimate of drug-likeness (QED) is 0.123. The van der Waals surface area contributed by atoms with Gasteiger partial charge < -0.3 is 8.98 Å². The van der Waals surface area contributed by atoms with Gasteiger partial charge in [-0.1, -0.05) is 53.4 Å². The van der Waals surface area contributed by atoms with Crippen molar-refractivity contribution in [3.8, 4) is 22.6 Å². The first-order chi connectivity index (χ1) is 26.8. The molecule has 0 atom stereocenters. The van der Waals surface area contributed by atoms with Crippen LogP contribution < -0.4 is 4.40 Å². The van der Waals surface area contributed by atoms with Gasteiger partial charge in [0.05, 0.1) is 22.4 Å². The number of fused-ring (bicyclic) bond motifs is 4. The fourth-order valence-corrected chi connectivity index (χ4v) is 9.29. The van der Waals surface area contributed by atoms with Gasteiger partial charge in [0, 0.05) is 37.7 Å². The minimum absolute atomic E-state index is 0. The first-order valence-electron chi connectivity index (χ1n) is 20.1. The van der Waals surface area contributed by atoms with Crippen LogP contribution in [0, 0.1) is 31.3 Å². The molecule has 0 N–H and O–H groups in total. The van der Waals surface area contributed by atoms with Gasteiger partial charge in [-0.05, 0) is 36.8 Å². The second-order valence-electron chi connectivity index (χ2n) is 15.2. The van der Waals surface area contributed by atoms with Crippen molar-refractivity contribution in [3.05, 3.63) is 144 Å². The normalized spacial score (nSPS) is 13.7. The van der Waals surface area contributed by atoms with Crippen molar-refractivity contribution in [1.29, 1.82) is 0 Å². The molecule has 0 bridgehead atoms. The third kappa shape index (κ3) is 8.57. The van der Waals surface area contributed by atoms with Crippen LogP contribution in [0.25, 0.3) is 55.7 Å². The zero-order valence-electron chi connectivity index (χ0n) is 36.1. The van der Waals surface area contributed by atoms with Gasteiger partial charge >= 0.3 is 145 Å². The number of aryl methyl sites for hydroxylation is 2. The molecule has 0 amide bonds. The number of imidazole rings is 1. The molecule has 4 aromatic heterocycles. The molecule has 8 rings (SSSR count). The number of rotatable bonds is 6. The summed E-state index contributed by atoms with van der Waals surface area (Å²) >= 11 is -2.36. The Morgan fingerprint density at radius 1 is 0.887 bits per heavy atom. The molecular formula is C46H46GeIrN4O-2. The van der Waals surface area contributed by atoms with Gasteiger partial charge in [0.15, 0.2) is 0 Å². The van der Waals surface area contributed by atoms with E-state index >= 15 is 0 Å². The smallest absolute Gasteiger partial charge is 0 e. The van der Waals surface area contributed by atoms with E-state index in [4.69, 9.17) is 16.3 Å². The molecule has 4 aromatic carbocycles. The molecule has 53 heavy (non-hydrogen) atoms. The summed E-state index contributed by atoms with van der Waals surface area (Å²) in [6.45, 7) is 6.25. The third-order valence-corrected chi connectivity index (χ3v) is 13.0. The molecule has 0 saturated heterocycles. The first kappa shape index (κ1) is 32.1. The molecule has 0 saturated carbocycles. The Labute approximate surface area is 336 Å². The average Bonchev–Trinajstić information content (AvgIpc) is 3.72. The van der Waals surface area contributed by atoms with Crippen LogP contribution >= 0.6 is 0 Å². The maximum absolute atomic E-state index is 8.80. The molecular weight excluding hydrogens is 889 g/mol. The molecule has 0 aliphatic rings. The predicted octanol–water partition coefficient (Wildman–Crippen LogP) is 11.1. The number of pyridine rings is 2. The Balaban J connectivity index is 0.000000194. The van der Waals surface area contributed by atoms with Gasteiger partial charge in [-0.15, -0.1) is 18.2 Å². The van der Waals surface area contributed by atoms with Crippen LogP contribution in [0.15, 0.2) is 114 Å². The average molecular weight is 941 g/mol. The van der Waals surface area contributed by atoms with Crippen molar-refractivity contribution in [3.63, 3.8) is 0 Å². The van der Waals surface area contributed by atoms with E-state index in [1.165, 1.54) is 11.6 Å². The van der Waals surface area contributed by atoms with Gasteiger partial charge in [0.2, 0.25) is 5.71 Å². The number of para-hydroxylation sites is 2. The summed E-state index contributed by atoms with van der Waals surface area (Å²) in [5.41, 5.74) is 8.13. The number of nitrogens with zero attached hydrogens (tertiary/aromatic N) is 4. The van der Waals surface area contributed by atoms with E-state index in [0.717, 1.165) is 55.4 Å². The zero-order valence-corrected chi connectivity index (χ0v) is 35.6. The van der Waals surface area contributed by atoms with Gasteiger partial charge in [-0.25, -0.2) is 4.98 Å². The summed E-state index contributed by atoms with van der Waals surface area (Å²) in [6.07, 6.45) is 0.303. The molecule has 5 nitrogen and oxygen atoms in total. The Kier molecular flexibility index (Phi) is 9.42. The maximum Gasteiger partial charge on any atom is 0 e. The van der Waals surface area contributed by atoms with Crippen LogP contribution in [-0.2, 0) is 33.0 Å². The van der Waals surface area contributed by atoms with Crippen LogP contribution in [0.3, 0.4) is 0 Å². The molecule has 7 heteroatoms. The maximum atomic E-state index is 8.80. The summed E-state index contributed by atoms with van der Waals surface area (Å²) < 4.78 is 49.6. The van der Waals surface area contributed by atoms with E-state index < -0.39 is 31.9 Å². The van der Waals surface area contributed by atoms with E-state index in [9.17, 15) is 0 Å². The molecule has 4 heterocycles. The molecule has 0 aliphatic carbocycles. The van der Waals surface area contributed by atoms with E-state index in [1.54, 1.807) is 12.1 Å². The topological polar surface area (TPSA) is 56.7 Å². The second kappa shape index (κ2) is 15.5. The fraction of sp³-hybridized carbons (Fsp3) is 0.239. The van der Waals surface area contributed by atoms with Gasteiger partial charge in [-0.3, -0.25) is 4.98 Å². The zero-order chi connectivity index (χ0) is 40.9. The van der Waals surface area contributed by atoms with Crippen LogP contribution in [0.4, 0.5) is 0 Å². The van der Waals surface area contributed by atoms with E-state index in [1.807, 2.05) is 82.4 Å². The molecule has 1 radical (unpaired) electrons. The number of hydrogen-bond donors (Lipinski definition) is 0. The van der Waals surface area contributed by atoms with Crippen LogP contribution in [-0.4, -0.2) is 32.8 Å². The summed E-state index contributed by atoms with van der Waals surface area (Å²) in [5, 5.41) is 2.04. The van der Waals surface area contributed by atoms with Crippen molar-refractivity contribution >= 4 is 50.8 Å². The molecule has 271 valence electrons. The summed E-state index contributed by atoms with van der Waals surface area (Å²) in [7, 11) is 0. The fourth-order valence-electron chi connectivity index (χ4n) is 6.37. The number of furan rings is 1. The molecule has 0 unspecified atom stereocenters. The van der Waals surface area contributed by atoms with Crippen molar-refractivity contribution in [2.75, 3.05) is 0 Å². The molecule has 0 aliphatic heterocycles. The monoisotopic (exact) mass is 942 g/mol. The van der Waals surface area contributed by atoms with Crippen molar-refractivity contribution in [2.24, 2.45) is 5.41 Å². The molecule has 0 spiro atoms. The van der Waals surface area contributed by atoms with Crippen LogP contribution in [0.5, 0.6) is 0 Å². The van der Waals surface area contributed by atoms with Gasteiger partial charge in [0.1, 0.15) is 0 Å². The number of hydrogen-bond acceptors (Lipinski definition) is 4. The SMILES string of the molecule is Cc1ccc2c(n1)oc1c(-c3nc4ccccc4n3Cc3ccccc3)[c-]ccc12.[2H]C([2H])([2H])c1c[c-]c(-c2cc(C([2H])([2H])C(C)(C)C)[c]([Ge]([CH3])([CH3])[CH3])cn2)cc1.[Ir]. The van der Waals surface area contributed by atoms with Crippen molar-refractivity contribution in [2.45, 2.75) is 64.7 Å². The van der Waals surface area contributed by atoms with Crippen molar-refractivity contribution in [1.82, 2.24) is 19.5 Å². The van der Waals surface area contributed by atoms with Crippen molar-refractivity contribution < 1.29 is 31.4 Å². The summed E-state index contributed by atoms with van der Waals surface area (Å²) in [5.74, 6) is 7.55. The van der Waals surface area contributed by atoms with Gasteiger partial charge in [0.25, 0.3) is 0 Å².